The van der Waals surface area contributed by atoms with Crippen molar-refractivity contribution < 1.29 is 9.13 Å². The normalized spacial score (nSPS) is 15.5. The molecular formula is C24H27FN2O. The summed E-state index contributed by atoms with van der Waals surface area (Å²) in [4.78, 5) is 2.38. The van der Waals surface area contributed by atoms with E-state index in [-0.39, 0.29) is 5.82 Å². The molecular weight excluding hydrogens is 351 g/mol. The molecule has 3 aromatic rings. The summed E-state index contributed by atoms with van der Waals surface area (Å²) in [5.74, 6) is 0.277. The number of methoxy groups -OCH3 is 1. The molecule has 0 fully saturated rings. The van der Waals surface area contributed by atoms with Gasteiger partial charge in [-0.25, -0.2) is 4.39 Å². The fourth-order valence-corrected chi connectivity index (χ4v) is 4.16. The minimum absolute atomic E-state index is 0.258. The van der Waals surface area contributed by atoms with Crippen LogP contribution in [0.25, 0.3) is 22.7 Å². The molecule has 2 aromatic carbocycles. The number of hydrogen-bond donors (Lipinski definition) is 0. The summed E-state index contributed by atoms with van der Waals surface area (Å²) in [5, 5.41) is 1.32. The van der Waals surface area contributed by atoms with Crippen LogP contribution in [0.5, 0.6) is 5.75 Å². The molecule has 1 aromatic heterocycles. The highest BCUT2D eigenvalue weighted by Gasteiger charge is 2.20. The first-order chi connectivity index (χ1) is 13.5. The molecule has 4 heteroatoms. The zero-order valence-corrected chi connectivity index (χ0v) is 17.1. The maximum absolute atomic E-state index is 14.6. The Bertz CT molecular complexity index is 1060. The lowest BCUT2D eigenvalue weighted by Crippen LogP contribution is -2.21. The van der Waals surface area contributed by atoms with Gasteiger partial charge in [-0.1, -0.05) is 11.6 Å². The van der Waals surface area contributed by atoms with Crippen molar-refractivity contribution >= 4 is 22.7 Å². The highest BCUT2D eigenvalue weighted by molar-refractivity contribution is 5.90. The highest BCUT2D eigenvalue weighted by atomic mass is 19.1. The first kappa shape index (κ1) is 18.8. The van der Waals surface area contributed by atoms with Gasteiger partial charge < -0.3 is 14.2 Å². The van der Waals surface area contributed by atoms with Crippen LogP contribution in [0.15, 0.2) is 36.4 Å². The number of ether oxygens (including phenoxy) is 1. The van der Waals surface area contributed by atoms with E-state index in [0.717, 1.165) is 31.5 Å². The molecule has 3 nitrogen and oxygen atoms in total. The summed E-state index contributed by atoms with van der Waals surface area (Å²) < 4.78 is 22.0. The van der Waals surface area contributed by atoms with Crippen molar-refractivity contribution in [3.63, 3.8) is 0 Å². The van der Waals surface area contributed by atoms with Crippen molar-refractivity contribution in [3.05, 3.63) is 64.6 Å². The number of allylic oxidation sites excluding steroid dienone is 1. The topological polar surface area (TPSA) is 17.4 Å². The predicted molar refractivity (Wildman–Crippen MR) is 114 cm³/mol. The minimum atomic E-state index is -0.258. The van der Waals surface area contributed by atoms with E-state index in [1.165, 1.54) is 33.8 Å². The average molecular weight is 378 g/mol. The van der Waals surface area contributed by atoms with Crippen molar-refractivity contribution in [1.82, 2.24) is 9.47 Å². The Balaban J connectivity index is 1.87. The third-order valence-electron chi connectivity index (χ3n) is 5.77. The number of fused-ring (bicyclic) bond motifs is 3. The summed E-state index contributed by atoms with van der Waals surface area (Å²) in [7, 11) is 3.73. The summed E-state index contributed by atoms with van der Waals surface area (Å²) >= 11 is 0. The molecule has 0 spiro atoms. The molecule has 0 bridgehead atoms. The largest absolute Gasteiger partial charge is 0.497 e. The molecule has 2 heterocycles. The molecule has 0 radical (unpaired) electrons. The number of nitrogens with zero attached hydrogens (tertiary/aromatic N) is 2. The SMILES string of the molecule is COc1ccc(/C(C)=C/n2c3c(c4cc(C)ccc42)CCN(C)CC3)c(F)c1. The fraction of sp³-hybridized carbons (Fsp3) is 0.333. The van der Waals surface area contributed by atoms with Crippen LogP contribution in [0.2, 0.25) is 0 Å². The van der Waals surface area contributed by atoms with Gasteiger partial charge in [0, 0.05) is 48.4 Å². The number of rotatable bonds is 3. The van der Waals surface area contributed by atoms with Gasteiger partial charge in [0.25, 0.3) is 0 Å². The lowest BCUT2D eigenvalue weighted by molar-refractivity contribution is 0.351. The van der Waals surface area contributed by atoms with Crippen LogP contribution in [-0.4, -0.2) is 36.7 Å². The maximum atomic E-state index is 14.6. The lowest BCUT2D eigenvalue weighted by atomic mass is 10.1. The quantitative estimate of drug-likeness (QED) is 0.627. The van der Waals surface area contributed by atoms with Gasteiger partial charge in [-0.15, -0.1) is 0 Å². The van der Waals surface area contributed by atoms with Gasteiger partial charge in [-0.05, 0) is 62.7 Å². The fourth-order valence-electron chi connectivity index (χ4n) is 4.16. The first-order valence-electron chi connectivity index (χ1n) is 9.81. The van der Waals surface area contributed by atoms with Crippen LogP contribution < -0.4 is 4.74 Å². The molecule has 0 saturated heterocycles. The van der Waals surface area contributed by atoms with Crippen molar-refractivity contribution in [2.45, 2.75) is 26.7 Å². The Labute approximate surface area is 166 Å². The molecule has 0 amide bonds. The standard InChI is InChI=1S/C24H27FN2O/c1-16-5-8-23-21(13-16)20-9-11-26(3)12-10-24(20)27(23)15-17(2)19-7-6-18(28-4)14-22(19)25/h5-8,13-15H,9-12H2,1-4H3/b17-15+. The second-order valence-corrected chi connectivity index (χ2v) is 7.78. The number of hydrogen-bond acceptors (Lipinski definition) is 2. The Hall–Kier alpha value is -2.59. The molecule has 1 aliphatic rings. The van der Waals surface area contributed by atoms with E-state index in [1.54, 1.807) is 13.2 Å². The predicted octanol–water partition coefficient (Wildman–Crippen LogP) is 5.15. The molecule has 0 saturated carbocycles. The number of aromatic nitrogens is 1. The van der Waals surface area contributed by atoms with E-state index < -0.39 is 0 Å². The highest BCUT2D eigenvalue weighted by Crippen LogP contribution is 2.32. The zero-order valence-electron chi connectivity index (χ0n) is 17.1. The third-order valence-corrected chi connectivity index (χ3v) is 5.77. The molecule has 0 aliphatic carbocycles. The summed E-state index contributed by atoms with van der Waals surface area (Å²) in [6.45, 7) is 6.21. The van der Waals surface area contributed by atoms with Crippen LogP contribution >= 0.6 is 0 Å². The third kappa shape index (κ3) is 3.33. The monoisotopic (exact) mass is 378 g/mol. The Kier molecular flexibility index (Phi) is 4.98. The van der Waals surface area contributed by atoms with E-state index in [1.807, 2.05) is 13.0 Å². The van der Waals surface area contributed by atoms with Gasteiger partial charge in [0.1, 0.15) is 11.6 Å². The first-order valence-corrected chi connectivity index (χ1v) is 9.81. The van der Waals surface area contributed by atoms with Crippen molar-refractivity contribution in [3.8, 4) is 5.75 Å². The van der Waals surface area contributed by atoms with Gasteiger partial charge in [-0.3, -0.25) is 0 Å². The number of aryl methyl sites for hydroxylation is 1. The lowest BCUT2D eigenvalue weighted by Gasteiger charge is -2.13. The molecule has 0 atom stereocenters. The van der Waals surface area contributed by atoms with Crippen LogP contribution in [-0.2, 0) is 12.8 Å². The van der Waals surface area contributed by atoms with Crippen molar-refractivity contribution in [2.75, 3.05) is 27.2 Å². The molecule has 0 unspecified atom stereocenters. The second kappa shape index (κ2) is 7.44. The average Bonchev–Trinajstić information content (AvgIpc) is 2.81. The molecule has 0 N–H and O–H groups in total. The zero-order chi connectivity index (χ0) is 19.8. The van der Waals surface area contributed by atoms with Crippen LogP contribution in [0, 0.1) is 12.7 Å². The van der Waals surface area contributed by atoms with E-state index in [0.29, 0.717) is 11.3 Å². The summed E-state index contributed by atoms with van der Waals surface area (Å²) in [6, 6.07) is 11.7. The van der Waals surface area contributed by atoms with Gasteiger partial charge in [0.2, 0.25) is 0 Å². The Morgan fingerprint density at radius 2 is 1.89 bits per heavy atom. The van der Waals surface area contributed by atoms with Crippen molar-refractivity contribution in [1.29, 1.82) is 0 Å². The van der Waals surface area contributed by atoms with E-state index in [9.17, 15) is 4.39 Å². The van der Waals surface area contributed by atoms with E-state index >= 15 is 0 Å². The smallest absolute Gasteiger partial charge is 0.134 e. The summed E-state index contributed by atoms with van der Waals surface area (Å²) in [6.07, 6.45) is 4.13. The number of likely N-dealkylation sites (N-methyl/N-ethyl adjacent to an activating group) is 1. The Morgan fingerprint density at radius 3 is 2.64 bits per heavy atom. The molecule has 1 aliphatic heterocycles. The molecule has 146 valence electrons. The van der Waals surface area contributed by atoms with Crippen molar-refractivity contribution in [2.24, 2.45) is 0 Å². The summed E-state index contributed by atoms with van der Waals surface area (Å²) in [5.41, 5.74) is 6.76. The van der Waals surface area contributed by atoms with Crippen LogP contribution in [0.3, 0.4) is 0 Å². The maximum Gasteiger partial charge on any atom is 0.134 e. The second-order valence-electron chi connectivity index (χ2n) is 7.78. The van der Waals surface area contributed by atoms with Gasteiger partial charge in [0.05, 0.1) is 12.6 Å². The molecule has 28 heavy (non-hydrogen) atoms. The van der Waals surface area contributed by atoms with Gasteiger partial charge in [-0.2, -0.15) is 0 Å². The van der Waals surface area contributed by atoms with E-state index in [2.05, 4.69) is 47.8 Å². The number of halogens is 1. The van der Waals surface area contributed by atoms with Crippen LogP contribution in [0.1, 0.15) is 29.3 Å². The Morgan fingerprint density at radius 1 is 1.11 bits per heavy atom. The van der Waals surface area contributed by atoms with Gasteiger partial charge >= 0.3 is 0 Å². The van der Waals surface area contributed by atoms with E-state index in [4.69, 9.17) is 4.74 Å². The van der Waals surface area contributed by atoms with Gasteiger partial charge in [0.15, 0.2) is 0 Å². The molecule has 4 rings (SSSR count). The number of benzene rings is 2. The van der Waals surface area contributed by atoms with Crippen LogP contribution in [0.4, 0.5) is 4.39 Å². The minimum Gasteiger partial charge on any atom is -0.497 e.